The smallest absolute Gasteiger partial charge is 0.192 e. The van der Waals surface area contributed by atoms with E-state index in [4.69, 9.17) is 21.1 Å². The van der Waals surface area contributed by atoms with Crippen molar-refractivity contribution in [1.82, 2.24) is 15.0 Å². The molecule has 4 rings (SSSR count). The summed E-state index contributed by atoms with van der Waals surface area (Å²) in [5.41, 5.74) is 2.07. The molecule has 0 spiro atoms. The molecule has 0 bridgehead atoms. The molecule has 0 radical (unpaired) electrons. The number of H-pyrrole nitrogens is 1. The molecule has 3 heterocycles. The molecule has 1 fully saturated rings. The number of ether oxygens (including phenoxy) is 2. The Bertz CT molecular complexity index is 879. The highest BCUT2D eigenvalue weighted by molar-refractivity contribution is 6.31. The van der Waals surface area contributed by atoms with Crippen LogP contribution in [0, 0.1) is 5.82 Å². The zero-order valence-electron chi connectivity index (χ0n) is 12.0. The molecule has 1 aliphatic rings. The number of nitrogens with zero attached hydrogens (tertiary/aromatic N) is 2. The van der Waals surface area contributed by atoms with Crippen LogP contribution in [0.2, 0.25) is 5.02 Å². The maximum atomic E-state index is 13.3. The van der Waals surface area contributed by atoms with E-state index >= 15 is 0 Å². The molecule has 8 heteroatoms. The molecular formula is C15H12ClFN4O2. The monoisotopic (exact) mass is 334 g/mol. The van der Waals surface area contributed by atoms with Crippen molar-refractivity contribution < 1.29 is 13.9 Å². The Morgan fingerprint density at radius 2 is 2.13 bits per heavy atom. The van der Waals surface area contributed by atoms with Gasteiger partial charge in [-0.25, -0.2) is 14.4 Å². The summed E-state index contributed by atoms with van der Waals surface area (Å²) >= 11 is 5.81. The van der Waals surface area contributed by atoms with Crippen LogP contribution in [0.5, 0.6) is 0 Å². The fraction of sp³-hybridized carbons (Fsp3) is 0.200. The number of hydrogen-bond donors (Lipinski definition) is 2. The first-order valence-electron chi connectivity index (χ1n) is 6.97. The van der Waals surface area contributed by atoms with Crippen LogP contribution in [0.1, 0.15) is 18.8 Å². The van der Waals surface area contributed by atoms with Crippen molar-refractivity contribution in [1.29, 1.82) is 0 Å². The lowest BCUT2D eigenvalue weighted by molar-refractivity contribution is -0.382. The van der Waals surface area contributed by atoms with E-state index < -0.39 is 12.1 Å². The van der Waals surface area contributed by atoms with Gasteiger partial charge in [-0.2, -0.15) is 0 Å². The summed E-state index contributed by atoms with van der Waals surface area (Å²) in [4.78, 5) is 11.5. The standard InChI is InChI=1S/C15H12ClFN4O2/c1-7-22-15(23-7)9-5-18-13-12(9)14(20-6-19-13)21-8-2-3-11(17)10(16)4-8/h2-7,15H,1H3,(H2,18,19,20,21). The van der Waals surface area contributed by atoms with Gasteiger partial charge in [-0.05, 0) is 25.1 Å². The van der Waals surface area contributed by atoms with E-state index in [1.165, 1.54) is 18.5 Å². The fourth-order valence-corrected chi connectivity index (χ4v) is 2.66. The SMILES string of the molecule is CC1OC(c2c[nH]c3ncnc(Nc4ccc(F)c(Cl)c4)c23)O1. The largest absolute Gasteiger partial charge is 0.346 e. The van der Waals surface area contributed by atoms with Gasteiger partial charge < -0.3 is 19.8 Å². The highest BCUT2D eigenvalue weighted by Crippen LogP contribution is 2.38. The minimum absolute atomic E-state index is 0.0362. The average molecular weight is 335 g/mol. The summed E-state index contributed by atoms with van der Waals surface area (Å²) in [7, 11) is 0. The van der Waals surface area contributed by atoms with Crippen LogP contribution in [0.15, 0.2) is 30.7 Å². The molecule has 3 aromatic rings. The van der Waals surface area contributed by atoms with Gasteiger partial charge in [-0.3, -0.25) is 0 Å². The first-order valence-corrected chi connectivity index (χ1v) is 7.34. The van der Waals surface area contributed by atoms with Crippen LogP contribution in [0.25, 0.3) is 11.0 Å². The minimum atomic E-state index is -0.474. The molecule has 2 aromatic heterocycles. The number of anilines is 2. The normalized spacial score (nSPS) is 20.5. The molecule has 1 aliphatic heterocycles. The van der Waals surface area contributed by atoms with Gasteiger partial charge >= 0.3 is 0 Å². The van der Waals surface area contributed by atoms with Crippen LogP contribution >= 0.6 is 11.6 Å². The lowest BCUT2D eigenvalue weighted by atomic mass is 10.2. The van der Waals surface area contributed by atoms with E-state index in [2.05, 4.69) is 20.3 Å². The first-order chi connectivity index (χ1) is 11.1. The number of benzene rings is 1. The highest BCUT2D eigenvalue weighted by Gasteiger charge is 2.31. The Kier molecular flexibility index (Phi) is 3.41. The van der Waals surface area contributed by atoms with Crippen molar-refractivity contribution in [3.05, 3.63) is 47.1 Å². The van der Waals surface area contributed by atoms with E-state index in [0.29, 0.717) is 17.2 Å². The van der Waals surface area contributed by atoms with Crippen LogP contribution in [-0.2, 0) is 9.47 Å². The van der Waals surface area contributed by atoms with E-state index in [9.17, 15) is 4.39 Å². The first kappa shape index (κ1) is 14.4. The highest BCUT2D eigenvalue weighted by atomic mass is 35.5. The van der Waals surface area contributed by atoms with E-state index in [1.807, 2.05) is 6.92 Å². The van der Waals surface area contributed by atoms with Crippen molar-refractivity contribution >= 4 is 34.1 Å². The minimum Gasteiger partial charge on any atom is -0.346 e. The second-order valence-corrected chi connectivity index (χ2v) is 5.52. The molecular weight excluding hydrogens is 323 g/mol. The fourth-order valence-electron chi connectivity index (χ4n) is 2.48. The maximum absolute atomic E-state index is 13.3. The summed E-state index contributed by atoms with van der Waals surface area (Å²) in [5, 5.41) is 3.91. The molecule has 0 unspecified atom stereocenters. The maximum Gasteiger partial charge on any atom is 0.192 e. The molecule has 23 heavy (non-hydrogen) atoms. The van der Waals surface area contributed by atoms with Gasteiger partial charge in [0.1, 0.15) is 23.6 Å². The molecule has 1 aromatic carbocycles. The average Bonchev–Trinajstić information content (AvgIpc) is 2.92. The number of hydrogen-bond acceptors (Lipinski definition) is 5. The number of rotatable bonds is 3. The second-order valence-electron chi connectivity index (χ2n) is 5.12. The third-order valence-corrected chi connectivity index (χ3v) is 3.86. The second kappa shape index (κ2) is 5.45. The molecule has 0 amide bonds. The van der Waals surface area contributed by atoms with Crippen molar-refractivity contribution in [2.75, 3.05) is 5.32 Å². The van der Waals surface area contributed by atoms with Crippen LogP contribution < -0.4 is 5.32 Å². The summed E-state index contributed by atoms with van der Waals surface area (Å²) in [6.45, 7) is 1.82. The van der Waals surface area contributed by atoms with Gasteiger partial charge in [0.05, 0.1) is 10.4 Å². The Hall–Kier alpha value is -2.22. The molecule has 0 aliphatic carbocycles. The summed E-state index contributed by atoms with van der Waals surface area (Å²) in [5.74, 6) is 0.0818. The van der Waals surface area contributed by atoms with Crippen LogP contribution in [-0.4, -0.2) is 21.2 Å². The predicted molar refractivity (Wildman–Crippen MR) is 83.0 cm³/mol. The van der Waals surface area contributed by atoms with Crippen LogP contribution in [0.3, 0.4) is 0 Å². The van der Waals surface area contributed by atoms with Crippen molar-refractivity contribution in [2.24, 2.45) is 0 Å². The molecule has 0 atom stereocenters. The van der Waals surface area contributed by atoms with E-state index in [0.717, 1.165) is 10.9 Å². The Morgan fingerprint density at radius 1 is 1.30 bits per heavy atom. The quantitative estimate of drug-likeness (QED) is 0.760. The van der Waals surface area contributed by atoms with Gasteiger partial charge in [-0.1, -0.05) is 11.6 Å². The van der Waals surface area contributed by atoms with Gasteiger partial charge in [0.2, 0.25) is 0 Å². The lowest BCUT2D eigenvalue weighted by Gasteiger charge is -2.33. The predicted octanol–water partition coefficient (Wildman–Crippen LogP) is 3.89. The molecule has 6 nitrogen and oxygen atoms in total. The third kappa shape index (κ3) is 2.52. The van der Waals surface area contributed by atoms with Crippen molar-refractivity contribution in [2.45, 2.75) is 19.5 Å². The number of aromatic nitrogens is 3. The summed E-state index contributed by atoms with van der Waals surface area (Å²) < 4.78 is 24.3. The van der Waals surface area contributed by atoms with E-state index in [1.54, 1.807) is 12.3 Å². The van der Waals surface area contributed by atoms with E-state index in [-0.39, 0.29) is 11.3 Å². The zero-order chi connectivity index (χ0) is 16.0. The van der Waals surface area contributed by atoms with Gasteiger partial charge in [0.15, 0.2) is 12.6 Å². The summed E-state index contributed by atoms with van der Waals surface area (Å²) in [6.07, 6.45) is 2.52. The Labute approximate surface area is 135 Å². The third-order valence-electron chi connectivity index (χ3n) is 3.57. The van der Waals surface area contributed by atoms with Gasteiger partial charge in [-0.15, -0.1) is 0 Å². The number of fused-ring (bicyclic) bond motifs is 1. The van der Waals surface area contributed by atoms with Crippen molar-refractivity contribution in [3.63, 3.8) is 0 Å². The number of nitrogens with one attached hydrogen (secondary N) is 2. The van der Waals surface area contributed by atoms with Gasteiger partial charge in [0, 0.05) is 17.4 Å². The number of halogens is 2. The Balaban J connectivity index is 1.74. The molecule has 0 saturated carbocycles. The summed E-state index contributed by atoms with van der Waals surface area (Å²) in [6, 6.07) is 4.37. The van der Waals surface area contributed by atoms with Crippen LogP contribution in [0.4, 0.5) is 15.9 Å². The van der Waals surface area contributed by atoms with Gasteiger partial charge in [0.25, 0.3) is 0 Å². The topological polar surface area (TPSA) is 72.1 Å². The number of aromatic amines is 1. The Morgan fingerprint density at radius 3 is 2.87 bits per heavy atom. The molecule has 118 valence electrons. The molecule has 2 N–H and O–H groups in total. The molecule has 1 saturated heterocycles. The lowest BCUT2D eigenvalue weighted by Crippen LogP contribution is -2.31. The zero-order valence-corrected chi connectivity index (χ0v) is 12.8. The van der Waals surface area contributed by atoms with Crippen molar-refractivity contribution in [3.8, 4) is 0 Å².